The van der Waals surface area contributed by atoms with Crippen molar-refractivity contribution in [2.45, 2.75) is 4.90 Å². The van der Waals surface area contributed by atoms with Crippen LogP contribution < -0.4 is 10.2 Å². The number of hydrogen-bond donors (Lipinski definition) is 2. The van der Waals surface area contributed by atoms with Crippen LogP contribution in [0.2, 0.25) is 0 Å². The van der Waals surface area contributed by atoms with Crippen molar-refractivity contribution in [2.75, 3.05) is 13.4 Å². The maximum atomic E-state index is 13.3. The monoisotopic (exact) mass is 216 g/mol. The van der Waals surface area contributed by atoms with Gasteiger partial charge in [0.25, 0.3) is 0 Å². The summed E-state index contributed by atoms with van der Waals surface area (Å²) in [6.07, 6.45) is 1.77. The molecule has 0 amide bonds. The Morgan fingerprint density at radius 2 is 2.07 bits per heavy atom. The first-order chi connectivity index (χ1) is 6.60. The van der Waals surface area contributed by atoms with Crippen LogP contribution in [0.1, 0.15) is 0 Å². The molecule has 0 aliphatic carbocycles. The summed E-state index contributed by atoms with van der Waals surface area (Å²) in [5.74, 6) is -0.722. The number of methoxy groups -OCH3 is 1. The summed E-state index contributed by atoms with van der Waals surface area (Å²) in [5.41, 5.74) is 0.0388. The molecular formula is C8H10BFO3S. The molecule has 3 nitrogen and oxygen atoms in total. The van der Waals surface area contributed by atoms with Crippen LogP contribution in [-0.2, 0) is 0 Å². The van der Waals surface area contributed by atoms with Gasteiger partial charge in [0.05, 0.1) is 7.11 Å². The number of hydrogen-bond acceptors (Lipinski definition) is 4. The number of benzene rings is 1. The lowest BCUT2D eigenvalue weighted by atomic mass is 9.79. The molecule has 0 heterocycles. The molecule has 0 aromatic heterocycles. The van der Waals surface area contributed by atoms with Crippen molar-refractivity contribution in [1.29, 1.82) is 0 Å². The van der Waals surface area contributed by atoms with Crippen LogP contribution >= 0.6 is 11.8 Å². The molecule has 1 aromatic carbocycles. The zero-order valence-electron chi connectivity index (χ0n) is 7.82. The van der Waals surface area contributed by atoms with E-state index in [1.165, 1.54) is 31.0 Å². The zero-order valence-corrected chi connectivity index (χ0v) is 8.64. The van der Waals surface area contributed by atoms with E-state index in [9.17, 15) is 4.39 Å². The standard InChI is InChI=1S/C8H10BFO3S/c1-13-8-6(9(11)12)3-5(14-2)4-7(8)10/h3-4,11-12H,1-2H3. The minimum absolute atomic E-state index is 0.0388. The van der Waals surface area contributed by atoms with Gasteiger partial charge in [0.2, 0.25) is 0 Å². The minimum Gasteiger partial charge on any atom is -0.494 e. The van der Waals surface area contributed by atoms with Gasteiger partial charge in [-0.25, -0.2) is 4.39 Å². The van der Waals surface area contributed by atoms with Crippen molar-refractivity contribution in [3.63, 3.8) is 0 Å². The minimum atomic E-state index is -1.73. The van der Waals surface area contributed by atoms with E-state index in [0.29, 0.717) is 4.90 Å². The van der Waals surface area contributed by atoms with Crippen LogP contribution in [0.5, 0.6) is 5.75 Å². The van der Waals surface area contributed by atoms with Crippen molar-refractivity contribution in [3.05, 3.63) is 17.9 Å². The molecule has 14 heavy (non-hydrogen) atoms. The van der Waals surface area contributed by atoms with Gasteiger partial charge in [0, 0.05) is 10.4 Å². The largest absolute Gasteiger partial charge is 0.494 e. The van der Waals surface area contributed by atoms with Gasteiger partial charge in [-0.2, -0.15) is 0 Å². The highest BCUT2D eigenvalue weighted by molar-refractivity contribution is 7.98. The van der Waals surface area contributed by atoms with Crippen LogP contribution in [0.3, 0.4) is 0 Å². The summed E-state index contributed by atoms with van der Waals surface area (Å²) < 4.78 is 18.0. The lowest BCUT2D eigenvalue weighted by molar-refractivity contribution is 0.381. The Hall–Kier alpha value is -0.715. The lowest BCUT2D eigenvalue weighted by Gasteiger charge is -2.10. The summed E-state index contributed by atoms with van der Waals surface area (Å²) in [5, 5.41) is 18.0. The van der Waals surface area contributed by atoms with Crippen LogP contribution in [0.25, 0.3) is 0 Å². The highest BCUT2D eigenvalue weighted by Gasteiger charge is 2.21. The number of rotatable bonds is 3. The quantitative estimate of drug-likeness (QED) is 0.561. The molecule has 6 heteroatoms. The Labute approximate surface area is 86.0 Å². The third kappa shape index (κ3) is 2.20. The average Bonchev–Trinajstić information content (AvgIpc) is 2.16. The van der Waals surface area contributed by atoms with Gasteiger partial charge in [0.1, 0.15) is 0 Å². The molecule has 0 aliphatic rings. The van der Waals surface area contributed by atoms with E-state index >= 15 is 0 Å². The Morgan fingerprint density at radius 3 is 2.50 bits per heavy atom. The molecule has 0 spiro atoms. The third-order valence-corrected chi connectivity index (χ3v) is 2.47. The second kappa shape index (κ2) is 4.68. The Balaban J connectivity index is 3.28. The molecule has 76 valence electrons. The fraction of sp³-hybridized carbons (Fsp3) is 0.250. The van der Waals surface area contributed by atoms with Gasteiger partial charge in [-0.3, -0.25) is 0 Å². The maximum Gasteiger partial charge on any atom is 0.492 e. The van der Waals surface area contributed by atoms with Crippen LogP contribution in [0.15, 0.2) is 17.0 Å². The van der Waals surface area contributed by atoms with Crippen molar-refractivity contribution in [2.24, 2.45) is 0 Å². The highest BCUT2D eigenvalue weighted by Crippen LogP contribution is 2.21. The van der Waals surface area contributed by atoms with Gasteiger partial charge < -0.3 is 14.8 Å². The van der Waals surface area contributed by atoms with Gasteiger partial charge in [-0.15, -0.1) is 11.8 Å². The fourth-order valence-corrected chi connectivity index (χ4v) is 1.58. The highest BCUT2D eigenvalue weighted by atomic mass is 32.2. The average molecular weight is 216 g/mol. The van der Waals surface area contributed by atoms with E-state index in [1.54, 1.807) is 6.26 Å². The molecular weight excluding hydrogens is 206 g/mol. The first kappa shape index (κ1) is 11.4. The van der Waals surface area contributed by atoms with E-state index < -0.39 is 12.9 Å². The van der Waals surface area contributed by atoms with Crippen molar-refractivity contribution in [3.8, 4) is 5.75 Å². The van der Waals surface area contributed by atoms with Crippen LogP contribution in [0.4, 0.5) is 4.39 Å². The van der Waals surface area contributed by atoms with Gasteiger partial charge in [0.15, 0.2) is 11.6 Å². The Bertz CT molecular complexity index is 333. The Morgan fingerprint density at radius 1 is 1.43 bits per heavy atom. The first-order valence-corrected chi connectivity index (χ1v) is 5.10. The third-order valence-electron chi connectivity index (χ3n) is 1.76. The maximum absolute atomic E-state index is 13.3. The molecule has 0 atom stereocenters. The van der Waals surface area contributed by atoms with E-state index in [1.807, 2.05) is 0 Å². The predicted molar refractivity (Wildman–Crippen MR) is 54.6 cm³/mol. The van der Waals surface area contributed by atoms with Gasteiger partial charge in [-0.1, -0.05) is 0 Å². The summed E-state index contributed by atoms with van der Waals surface area (Å²) in [4.78, 5) is 0.617. The Kier molecular flexibility index (Phi) is 3.80. The first-order valence-electron chi connectivity index (χ1n) is 3.87. The second-order valence-electron chi connectivity index (χ2n) is 2.61. The van der Waals surface area contributed by atoms with E-state index in [2.05, 4.69) is 0 Å². The smallest absolute Gasteiger partial charge is 0.492 e. The number of thioether (sulfide) groups is 1. The normalized spacial score (nSPS) is 10.1. The fourth-order valence-electron chi connectivity index (χ4n) is 1.11. The van der Waals surface area contributed by atoms with Crippen molar-refractivity contribution in [1.82, 2.24) is 0 Å². The molecule has 0 fully saturated rings. The summed E-state index contributed by atoms with van der Waals surface area (Å²) >= 11 is 1.32. The van der Waals surface area contributed by atoms with Crippen LogP contribution in [-0.4, -0.2) is 30.5 Å². The zero-order chi connectivity index (χ0) is 10.7. The summed E-state index contributed by atoms with van der Waals surface area (Å²) in [6, 6.07) is 2.77. The molecule has 0 saturated carbocycles. The molecule has 2 N–H and O–H groups in total. The van der Waals surface area contributed by atoms with Crippen molar-refractivity contribution >= 4 is 24.3 Å². The number of ether oxygens (including phenoxy) is 1. The van der Waals surface area contributed by atoms with Crippen LogP contribution in [0, 0.1) is 5.82 Å². The molecule has 0 bridgehead atoms. The lowest BCUT2D eigenvalue weighted by Crippen LogP contribution is -2.32. The van der Waals surface area contributed by atoms with E-state index in [0.717, 1.165) is 0 Å². The molecule has 0 radical (unpaired) electrons. The molecule has 0 unspecified atom stereocenters. The topological polar surface area (TPSA) is 49.7 Å². The van der Waals surface area contributed by atoms with Crippen molar-refractivity contribution < 1.29 is 19.2 Å². The van der Waals surface area contributed by atoms with E-state index in [4.69, 9.17) is 14.8 Å². The molecule has 0 saturated heterocycles. The SMILES string of the molecule is COc1c(F)cc(SC)cc1B(O)O. The molecule has 1 rings (SSSR count). The number of halogens is 1. The summed E-state index contributed by atoms with van der Waals surface area (Å²) in [7, 11) is -0.449. The van der Waals surface area contributed by atoms with E-state index in [-0.39, 0.29) is 11.2 Å². The predicted octanol–water partition coefficient (Wildman–Crippen LogP) is 0.236. The van der Waals surface area contributed by atoms with Gasteiger partial charge >= 0.3 is 7.12 Å². The molecule has 0 aliphatic heterocycles. The molecule has 1 aromatic rings. The second-order valence-corrected chi connectivity index (χ2v) is 3.49. The summed E-state index contributed by atoms with van der Waals surface area (Å²) in [6.45, 7) is 0. The van der Waals surface area contributed by atoms with Gasteiger partial charge in [-0.05, 0) is 18.4 Å².